The van der Waals surface area contributed by atoms with Crippen molar-refractivity contribution in [3.63, 3.8) is 0 Å². The summed E-state index contributed by atoms with van der Waals surface area (Å²) in [4.78, 5) is 26.1. The smallest absolute Gasteiger partial charge is 0.319 e. The van der Waals surface area contributed by atoms with Gasteiger partial charge < -0.3 is 19.6 Å². The lowest BCUT2D eigenvalue weighted by Crippen LogP contribution is -2.45. The van der Waals surface area contributed by atoms with E-state index in [2.05, 4.69) is 0 Å². The third kappa shape index (κ3) is 7.66. The molecule has 0 aliphatic rings. The number of aliphatic carboxylic acids is 1. The number of carbonyl (C=O) groups excluding carboxylic acids is 1. The minimum absolute atomic E-state index is 0.0588. The Bertz CT molecular complexity index is 282. The van der Waals surface area contributed by atoms with Crippen molar-refractivity contribution in [3.05, 3.63) is 0 Å². The second kappa shape index (κ2) is 9.61. The quantitative estimate of drug-likeness (QED) is 0.649. The zero-order valence-electron chi connectivity index (χ0n) is 12.4. The van der Waals surface area contributed by atoms with E-state index in [0.29, 0.717) is 26.1 Å². The summed E-state index contributed by atoms with van der Waals surface area (Å²) in [5.74, 6) is -0.829. The standard InChI is InChI=1S/C13H26N2O4/c1-11(2)15(9-5-7-12(16)17)13(18)14(3)8-6-10-19-4/h11H,5-10H2,1-4H3,(H,16,17). The molecule has 0 spiro atoms. The Morgan fingerprint density at radius 3 is 2.32 bits per heavy atom. The van der Waals surface area contributed by atoms with E-state index < -0.39 is 5.97 Å². The number of urea groups is 1. The van der Waals surface area contributed by atoms with Crippen molar-refractivity contribution < 1.29 is 19.4 Å². The van der Waals surface area contributed by atoms with Crippen molar-refractivity contribution in [1.82, 2.24) is 9.80 Å². The molecule has 2 amide bonds. The molecule has 1 N–H and O–H groups in total. The molecule has 112 valence electrons. The summed E-state index contributed by atoms with van der Waals surface area (Å²) >= 11 is 0. The van der Waals surface area contributed by atoms with E-state index in [-0.39, 0.29) is 18.5 Å². The van der Waals surface area contributed by atoms with E-state index in [9.17, 15) is 9.59 Å². The van der Waals surface area contributed by atoms with Gasteiger partial charge in [0.2, 0.25) is 0 Å². The number of methoxy groups -OCH3 is 1. The van der Waals surface area contributed by atoms with Gasteiger partial charge in [0, 0.05) is 46.3 Å². The molecule has 0 rings (SSSR count). The molecule has 0 aromatic rings. The molecular formula is C13H26N2O4. The third-order valence-electron chi connectivity index (χ3n) is 2.83. The number of carboxylic acids is 1. The Morgan fingerprint density at radius 1 is 1.21 bits per heavy atom. The minimum atomic E-state index is -0.829. The molecule has 0 bridgehead atoms. The van der Waals surface area contributed by atoms with E-state index in [1.54, 1.807) is 24.0 Å². The normalized spacial score (nSPS) is 10.6. The lowest BCUT2D eigenvalue weighted by atomic mass is 10.2. The van der Waals surface area contributed by atoms with Crippen LogP contribution in [0.25, 0.3) is 0 Å². The molecule has 0 saturated heterocycles. The average Bonchev–Trinajstić information content (AvgIpc) is 2.33. The van der Waals surface area contributed by atoms with Crippen molar-refractivity contribution in [2.45, 2.75) is 39.2 Å². The Morgan fingerprint density at radius 2 is 1.84 bits per heavy atom. The van der Waals surface area contributed by atoms with Gasteiger partial charge in [-0.3, -0.25) is 4.79 Å². The number of ether oxygens (including phenoxy) is 1. The van der Waals surface area contributed by atoms with Crippen LogP contribution in [0.4, 0.5) is 4.79 Å². The molecular weight excluding hydrogens is 248 g/mol. The molecule has 19 heavy (non-hydrogen) atoms. The molecule has 6 nitrogen and oxygen atoms in total. The summed E-state index contributed by atoms with van der Waals surface area (Å²) in [5.41, 5.74) is 0. The first-order valence-electron chi connectivity index (χ1n) is 6.62. The molecule has 0 fully saturated rings. The highest BCUT2D eigenvalue weighted by Crippen LogP contribution is 2.06. The number of nitrogens with zero attached hydrogens (tertiary/aromatic N) is 2. The fourth-order valence-corrected chi connectivity index (χ4v) is 1.74. The predicted octanol–water partition coefficient (Wildman–Crippen LogP) is 1.65. The van der Waals surface area contributed by atoms with Crippen LogP contribution in [0.1, 0.15) is 33.1 Å². The number of hydrogen-bond donors (Lipinski definition) is 1. The van der Waals surface area contributed by atoms with E-state index in [1.807, 2.05) is 13.8 Å². The Balaban J connectivity index is 4.27. The molecule has 0 aliphatic heterocycles. The van der Waals surface area contributed by atoms with Crippen molar-refractivity contribution in [2.24, 2.45) is 0 Å². The minimum Gasteiger partial charge on any atom is -0.481 e. The highest BCUT2D eigenvalue weighted by Gasteiger charge is 2.20. The van der Waals surface area contributed by atoms with Gasteiger partial charge in [0.1, 0.15) is 0 Å². The predicted molar refractivity (Wildman–Crippen MR) is 73.2 cm³/mol. The molecule has 0 radical (unpaired) electrons. The van der Waals surface area contributed by atoms with Crippen LogP contribution in [-0.4, -0.2) is 66.8 Å². The van der Waals surface area contributed by atoms with Gasteiger partial charge in [0.25, 0.3) is 0 Å². The van der Waals surface area contributed by atoms with Gasteiger partial charge in [0.05, 0.1) is 0 Å². The SMILES string of the molecule is COCCCN(C)C(=O)N(CCCC(=O)O)C(C)C. The molecule has 6 heteroatoms. The summed E-state index contributed by atoms with van der Waals surface area (Å²) in [6.45, 7) is 5.59. The topological polar surface area (TPSA) is 70.1 Å². The zero-order valence-corrected chi connectivity index (χ0v) is 12.4. The summed E-state index contributed by atoms with van der Waals surface area (Å²) in [5, 5.41) is 8.63. The van der Waals surface area contributed by atoms with Crippen LogP contribution >= 0.6 is 0 Å². The average molecular weight is 274 g/mol. The first-order chi connectivity index (χ1) is 8.90. The molecule has 0 heterocycles. The fourth-order valence-electron chi connectivity index (χ4n) is 1.74. The Hall–Kier alpha value is -1.30. The largest absolute Gasteiger partial charge is 0.481 e. The monoisotopic (exact) mass is 274 g/mol. The molecule has 0 aromatic heterocycles. The summed E-state index contributed by atoms with van der Waals surface area (Å²) < 4.78 is 4.95. The van der Waals surface area contributed by atoms with Crippen LogP contribution in [0.5, 0.6) is 0 Å². The van der Waals surface area contributed by atoms with Crippen LogP contribution in [0.15, 0.2) is 0 Å². The highest BCUT2D eigenvalue weighted by molar-refractivity contribution is 5.74. The highest BCUT2D eigenvalue weighted by atomic mass is 16.5. The lowest BCUT2D eigenvalue weighted by Gasteiger charge is -2.31. The maximum absolute atomic E-state index is 12.2. The number of amides is 2. The number of hydrogen-bond acceptors (Lipinski definition) is 3. The third-order valence-corrected chi connectivity index (χ3v) is 2.83. The molecule has 0 atom stereocenters. The fraction of sp³-hybridized carbons (Fsp3) is 0.846. The van der Waals surface area contributed by atoms with Gasteiger partial charge in [-0.15, -0.1) is 0 Å². The van der Waals surface area contributed by atoms with Gasteiger partial charge in [-0.25, -0.2) is 4.79 Å². The van der Waals surface area contributed by atoms with E-state index >= 15 is 0 Å². The van der Waals surface area contributed by atoms with Crippen molar-refractivity contribution >= 4 is 12.0 Å². The van der Waals surface area contributed by atoms with E-state index in [1.165, 1.54) is 0 Å². The lowest BCUT2D eigenvalue weighted by molar-refractivity contribution is -0.137. The molecule has 0 saturated carbocycles. The maximum atomic E-state index is 12.2. The van der Waals surface area contributed by atoms with Gasteiger partial charge in [0.15, 0.2) is 0 Å². The Kier molecular flexibility index (Phi) is 8.95. The molecule has 0 aliphatic carbocycles. The van der Waals surface area contributed by atoms with Gasteiger partial charge in [-0.1, -0.05) is 0 Å². The van der Waals surface area contributed by atoms with Crippen molar-refractivity contribution in [1.29, 1.82) is 0 Å². The summed E-state index contributed by atoms with van der Waals surface area (Å²) in [7, 11) is 3.39. The van der Waals surface area contributed by atoms with Crippen LogP contribution < -0.4 is 0 Å². The Labute approximate surface area is 115 Å². The van der Waals surface area contributed by atoms with Gasteiger partial charge in [-0.05, 0) is 26.7 Å². The van der Waals surface area contributed by atoms with Crippen molar-refractivity contribution in [3.8, 4) is 0 Å². The first-order valence-corrected chi connectivity index (χ1v) is 6.62. The summed E-state index contributed by atoms with van der Waals surface area (Å²) in [6.07, 6.45) is 1.36. The molecule has 0 aromatic carbocycles. The van der Waals surface area contributed by atoms with Crippen LogP contribution in [0.2, 0.25) is 0 Å². The van der Waals surface area contributed by atoms with Crippen molar-refractivity contribution in [2.75, 3.05) is 33.9 Å². The second-order valence-corrected chi connectivity index (χ2v) is 4.83. The van der Waals surface area contributed by atoms with Gasteiger partial charge >= 0.3 is 12.0 Å². The second-order valence-electron chi connectivity index (χ2n) is 4.83. The summed E-state index contributed by atoms with van der Waals surface area (Å²) in [6, 6.07) is 0.00246. The zero-order chi connectivity index (χ0) is 14.8. The number of carboxylic acid groups (broad SMARTS) is 1. The van der Waals surface area contributed by atoms with Crippen LogP contribution in [0.3, 0.4) is 0 Å². The van der Waals surface area contributed by atoms with Crippen LogP contribution in [0, 0.1) is 0 Å². The molecule has 0 unspecified atom stereocenters. The van der Waals surface area contributed by atoms with E-state index in [4.69, 9.17) is 9.84 Å². The van der Waals surface area contributed by atoms with E-state index in [0.717, 1.165) is 6.42 Å². The maximum Gasteiger partial charge on any atom is 0.319 e. The first kappa shape index (κ1) is 17.7. The van der Waals surface area contributed by atoms with Gasteiger partial charge in [-0.2, -0.15) is 0 Å². The number of rotatable bonds is 9. The van der Waals surface area contributed by atoms with Crippen LogP contribution in [-0.2, 0) is 9.53 Å². The number of carbonyl (C=O) groups is 2.